The van der Waals surface area contributed by atoms with E-state index in [-0.39, 0.29) is 17.4 Å². The van der Waals surface area contributed by atoms with E-state index < -0.39 is 0 Å². The molecule has 148 valence electrons. The smallest absolute Gasteiger partial charge is 0.266 e. The molecule has 0 radical (unpaired) electrons. The van der Waals surface area contributed by atoms with Crippen molar-refractivity contribution in [1.29, 1.82) is 0 Å². The molecular weight excluding hydrogens is 384 g/mol. The number of benzene rings is 1. The van der Waals surface area contributed by atoms with Crippen molar-refractivity contribution in [1.82, 2.24) is 19.7 Å². The Morgan fingerprint density at radius 1 is 1.14 bits per heavy atom. The van der Waals surface area contributed by atoms with Gasteiger partial charge in [0.2, 0.25) is 0 Å². The monoisotopic (exact) mass is 406 g/mol. The summed E-state index contributed by atoms with van der Waals surface area (Å²) >= 11 is 1.45. The standard InChI is InChI=1S/C22H22N4O2S/c1-14-20(29-21(23-14)17-5-3-2-4-6-17)22(28)25-11-15(12-25)13-26-19(27)10-9-18(24-26)16-7-8-16/h2-6,9-10,15-16H,7-8,11-13H2,1H3. The first-order valence-corrected chi connectivity index (χ1v) is 10.8. The van der Waals surface area contributed by atoms with E-state index >= 15 is 0 Å². The number of thiazole rings is 1. The van der Waals surface area contributed by atoms with Crippen LogP contribution in [0.1, 0.15) is 39.8 Å². The zero-order valence-electron chi connectivity index (χ0n) is 16.2. The molecule has 7 heteroatoms. The predicted molar refractivity (Wildman–Crippen MR) is 112 cm³/mol. The summed E-state index contributed by atoms with van der Waals surface area (Å²) in [6, 6.07) is 13.4. The van der Waals surface area contributed by atoms with Gasteiger partial charge in [-0.3, -0.25) is 9.59 Å². The van der Waals surface area contributed by atoms with Crippen molar-refractivity contribution in [2.24, 2.45) is 5.92 Å². The Kier molecular flexibility index (Phi) is 4.54. The average molecular weight is 407 g/mol. The van der Waals surface area contributed by atoms with Crippen molar-refractivity contribution in [2.75, 3.05) is 13.1 Å². The lowest BCUT2D eigenvalue weighted by Gasteiger charge is -2.39. The number of hydrogen-bond acceptors (Lipinski definition) is 5. The van der Waals surface area contributed by atoms with E-state index in [2.05, 4.69) is 10.1 Å². The molecule has 2 aromatic heterocycles. The highest BCUT2D eigenvalue weighted by atomic mass is 32.1. The fraction of sp³-hybridized carbons (Fsp3) is 0.364. The van der Waals surface area contributed by atoms with Gasteiger partial charge < -0.3 is 4.90 Å². The Hall–Kier alpha value is -2.80. The lowest BCUT2D eigenvalue weighted by molar-refractivity contribution is 0.0462. The van der Waals surface area contributed by atoms with Crippen LogP contribution in [0.4, 0.5) is 0 Å². The number of aromatic nitrogens is 3. The van der Waals surface area contributed by atoms with E-state index in [0.29, 0.717) is 30.4 Å². The van der Waals surface area contributed by atoms with Gasteiger partial charge in [-0.25, -0.2) is 9.67 Å². The van der Waals surface area contributed by atoms with Crippen LogP contribution in [0.5, 0.6) is 0 Å². The van der Waals surface area contributed by atoms with Crippen LogP contribution in [0.2, 0.25) is 0 Å². The molecule has 1 saturated carbocycles. The summed E-state index contributed by atoms with van der Waals surface area (Å²) in [4.78, 5) is 32.2. The molecular formula is C22H22N4O2S. The lowest BCUT2D eigenvalue weighted by atomic mass is 10.00. The van der Waals surface area contributed by atoms with E-state index in [1.54, 1.807) is 10.7 Å². The molecule has 3 aromatic rings. The van der Waals surface area contributed by atoms with Gasteiger partial charge in [0.1, 0.15) is 9.88 Å². The van der Waals surface area contributed by atoms with Crippen molar-refractivity contribution in [3.63, 3.8) is 0 Å². The minimum atomic E-state index is -0.0648. The largest absolute Gasteiger partial charge is 0.337 e. The number of rotatable bonds is 5. The highest BCUT2D eigenvalue weighted by Gasteiger charge is 2.34. The van der Waals surface area contributed by atoms with Gasteiger partial charge in [-0.15, -0.1) is 11.3 Å². The average Bonchev–Trinajstić information content (AvgIpc) is 3.47. The van der Waals surface area contributed by atoms with Gasteiger partial charge in [-0.05, 0) is 25.8 Å². The van der Waals surface area contributed by atoms with E-state index in [0.717, 1.165) is 34.8 Å². The SMILES string of the molecule is Cc1nc(-c2ccccc2)sc1C(=O)N1CC(Cn2nc(C3CC3)ccc2=O)C1. The summed E-state index contributed by atoms with van der Waals surface area (Å²) in [5.41, 5.74) is 2.76. The first kappa shape index (κ1) is 18.2. The van der Waals surface area contributed by atoms with E-state index in [1.807, 2.05) is 48.2 Å². The molecule has 1 aromatic carbocycles. The fourth-order valence-electron chi connectivity index (χ4n) is 3.73. The van der Waals surface area contributed by atoms with Gasteiger partial charge in [0.05, 0.1) is 17.9 Å². The quantitative estimate of drug-likeness (QED) is 0.652. The first-order valence-electron chi connectivity index (χ1n) is 9.98. The second-order valence-electron chi connectivity index (χ2n) is 7.93. The zero-order valence-corrected chi connectivity index (χ0v) is 17.1. The summed E-state index contributed by atoms with van der Waals surface area (Å²) < 4.78 is 1.57. The number of nitrogens with zero attached hydrogens (tertiary/aromatic N) is 4. The highest BCUT2D eigenvalue weighted by molar-refractivity contribution is 7.17. The molecule has 5 rings (SSSR count). The molecule has 6 nitrogen and oxygen atoms in total. The minimum Gasteiger partial charge on any atom is -0.337 e. The van der Waals surface area contributed by atoms with Crippen molar-refractivity contribution in [3.05, 3.63) is 69.1 Å². The maximum atomic E-state index is 12.9. The Balaban J connectivity index is 1.25. The minimum absolute atomic E-state index is 0.0328. The van der Waals surface area contributed by atoms with E-state index in [4.69, 9.17) is 0 Å². The van der Waals surface area contributed by atoms with Crippen LogP contribution in [-0.4, -0.2) is 38.7 Å². The third kappa shape index (κ3) is 3.62. The van der Waals surface area contributed by atoms with Gasteiger partial charge in [0.25, 0.3) is 11.5 Å². The zero-order chi connectivity index (χ0) is 20.0. The van der Waals surface area contributed by atoms with Gasteiger partial charge in [-0.2, -0.15) is 5.10 Å². The third-order valence-corrected chi connectivity index (χ3v) is 6.76. The molecule has 1 aliphatic carbocycles. The molecule has 0 spiro atoms. The second-order valence-corrected chi connectivity index (χ2v) is 8.93. The number of aryl methyl sites for hydroxylation is 1. The van der Waals surface area contributed by atoms with Gasteiger partial charge in [-0.1, -0.05) is 30.3 Å². The normalized spacial score (nSPS) is 16.7. The number of amides is 1. The Morgan fingerprint density at radius 3 is 2.62 bits per heavy atom. The summed E-state index contributed by atoms with van der Waals surface area (Å²) in [5, 5.41) is 5.40. The Labute approximate surface area is 172 Å². The molecule has 29 heavy (non-hydrogen) atoms. The molecule has 1 amide bonds. The van der Waals surface area contributed by atoms with Gasteiger partial charge >= 0.3 is 0 Å². The van der Waals surface area contributed by atoms with Crippen LogP contribution in [0.25, 0.3) is 10.6 Å². The molecule has 2 fully saturated rings. The van der Waals surface area contributed by atoms with Crippen molar-refractivity contribution in [2.45, 2.75) is 32.2 Å². The fourth-order valence-corrected chi connectivity index (χ4v) is 4.77. The number of hydrogen-bond donors (Lipinski definition) is 0. The number of carbonyl (C=O) groups is 1. The molecule has 2 aliphatic rings. The molecule has 3 heterocycles. The molecule has 1 saturated heterocycles. The molecule has 0 unspecified atom stereocenters. The third-order valence-electron chi connectivity index (χ3n) is 5.57. The van der Waals surface area contributed by atoms with E-state index in [1.165, 1.54) is 11.3 Å². The first-order chi connectivity index (χ1) is 14.1. The Morgan fingerprint density at radius 2 is 1.90 bits per heavy atom. The van der Waals surface area contributed by atoms with Crippen LogP contribution in [0.3, 0.4) is 0 Å². The number of carbonyl (C=O) groups excluding carboxylic acids is 1. The van der Waals surface area contributed by atoms with Gasteiger partial charge in [0.15, 0.2) is 0 Å². The summed E-state index contributed by atoms with van der Waals surface area (Å²) in [6.07, 6.45) is 2.33. The predicted octanol–water partition coefficient (Wildman–Crippen LogP) is 3.32. The van der Waals surface area contributed by atoms with Crippen molar-refractivity contribution in [3.8, 4) is 10.6 Å². The van der Waals surface area contributed by atoms with Crippen molar-refractivity contribution < 1.29 is 4.79 Å². The lowest BCUT2D eigenvalue weighted by Crippen LogP contribution is -2.52. The van der Waals surface area contributed by atoms with E-state index in [9.17, 15) is 9.59 Å². The molecule has 0 N–H and O–H groups in total. The van der Waals surface area contributed by atoms with Crippen LogP contribution >= 0.6 is 11.3 Å². The second kappa shape index (κ2) is 7.22. The number of likely N-dealkylation sites (tertiary alicyclic amines) is 1. The van der Waals surface area contributed by atoms with Crippen LogP contribution in [0.15, 0.2) is 47.3 Å². The maximum absolute atomic E-state index is 12.9. The Bertz CT molecular complexity index is 1110. The topological polar surface area (TPSA) is 68.1 Å². The van der Waals surface area contributed by atoms with Crippen LogP contribution in [0, 0.1) is 12.8 Å². The summed E-state index contributed by atoms with van der Waals surface area (Å²) in [5.74, 6) is 0.820. The van der Waals surface area contributed by atoms with Gasteiger partial charge in [0, 0.05) is 36.6 Å². The van der Waals surface area contributed by atoms with Crippen LogP contribution < -0.4 is 5.56 Å². The molecule has 0 atom stereocenters. The highest BCUT2D eigenvalue weighted by Crippen LogP contribution is 2.38. The van der Waals surface area contributed by atoms with Crippen LogP contribution in [-0.2, 0) is 6.54 Å². The summed E-state index contributed by atoms with van der Waals surface area (Å²) in [6.45, 7) is 3.76. The maximum Gasteiger partial charge on any atom is 0.266 e. The van der Waals surface area contributed by atoms with Crippen molar-refractivity contribution >= 4 is 17.2 Å². The molecule has 1 aliphatic heterocycles. The summed E-state index contributed by atoms with van der Waals surface area (Å²) in [7, 11) is 0. The molecule has 0 bridgehead atoms.